The fourth-order valence-electron chi connectivity index (χ4n) is 2.47. The zero-order valence-corrected chi connectivity index (χ0v) is 18.8. The summed E-state index contributed by atoms with van der Waals surface area (Å²) in [5, 5.41) is 3.11. The molecule has 0 saturated carbocycles. The van der Waals surface area contributed by atoms with E-state index in [2.05, 4.69) is 27.9 Å². The molecule has 0 aromatic heterocycles. The smallest absolute Gasteiger partial charge is 0.410 e. The van der Waals surface area contributed by atoms with Crippen LogP contribution in [-0.2, 0) is 4.74 Å². The standard InChI is InChI=1S/C18H24IN3O4S/c1-18(2,3)26-17(24)22-9-7-21(8-10-22)16(27)20-15(23)12-5-6-14(25-4)13(19)11-12/h5-6,11H,7-10H2,1-4H3,(H,20,23,27). The number of methoxy groups -OCH3 is 1. The SMILES string of the molecule is COc1ccc(C(=O)NC(=S)N2CCN(C(=O)OC(C)(C)C)CC2)cc1I. The van der Waals surface area contributed by atoms with E-state index >= 15 is 0 Å². The van der Waals surface area contributed by atoms with Crippen molar-refractivity contribution in [3.05, 3.63) is 27.3 Å². The molecule has 0 atom stereocenters. The number of amides is 2. The number of benzene rings is 1. The van der Waals surface area contributed by atoms with E-state index in [0.29, 0.717) is 42.6 Å². The molecule has 0 aliphatic carbocycles. The largest absolute Gasteiger partial charge is 0.496 e. The lowest BCUT2D eigenvalue weighted by molar-refractivity contribution is 0.0186. The van der Waals surface area contributed by atoms with Gasteiger partial charge < -0.3 is 19.3 Å². The third-order valence-corrected chi connectivity index (χ3v) is 5.06. The average molecular weight is 505 g/mol. The molecule has 0 unspecified atom stereocenters. The van der Waals surface area contributed by atoms with Crippen LogP contribution in [0, 0.1) is 3.57 Å². The Bertz CT molecular complexity index is 728. The lowest BCUT2D eigenvalue weighted by atomic mass is 10.2. The summed E-state index contributed by atoms with van der Waals surface area (Å²) in [5.74, 6) is 0.447. The van der Waals surface area contributed by atoms with E-state index in [0.717, 1.165) is 3.57 Å². The molecule has 0 radical (unpaired) electrons. The Hall–Kier alpha value is -1.62. The number of rotatable bonds is 2. The first-order chi connectivity index (χ1) is 12.6. The molecule has 1 fully saturated rings. The van der Waals surface area contributed by atoms with E-state index in [-0.39, 0.29) is 12.0 Å². The van der Waals surface area contributed by atoms with Crippen LogP contribution in [0.5, 0.6) is 5.75 Å². The number of ether oxygens (including phenoxy) is 2. The van der Waals surface area contributed by atoms with E-state index in [1.807, 2.05) is 25.7 Å². The molecule has 0 bridgehead atoms. The summed E-state index contributed by atoms with van der Waals surface area (Å²) >= 11 is 7.47. The van der Waals surface area contributed by atoms with E-state index in [1.165, 1.54) is 0 Å². The van der Waals surface area contributed by atoms with Gasteiger partial charge in [0.15, 0.2) is 5.11 Å². The van der Waals surface area contributed by atoms with Crippen molar-refractivity contribution < 1.29 is 19.1 Å². The minimum absolute atomic E-state index is 0.268. The molecule has 9 heteroatoms. The number of hydrogen-bond acceptors (Lipinski definition) is 5. The van der Waals surface area contributed by atoms with Crippen molar-refractivity contribution in [3.63, 3.8) is 0 Å². The molecule has 1 N–H and O–H groups in total. The Labute approximate surface area is 178 Å². The number of thiocarbonyl (C=S) groups is 1. The van der Waals surface area contributed by atoms with E-state index in [9.17, 15) is 9.59 Å². The first-order valence-electron chi connectivity index (χ1n) is 8.52. The number of nitrogens with zero attached hydrogens (tertiary/aromatic N) is 2. The highest BCUT2D eigenvalue weighted by Gasteiger charge is 2.27. The Morgan fingerprint density at radius 3 is 2.26 bits per heavy atom. The van der Waals surface area contributed by atoms with Crippen LogP contribution in [0.4, 0.5) is 4.79 Å². The fourth-order valence-corrected chi connectivity index (χ4v) is 3.49. The van der Waals surface area contributed by atoms with Gasteiger partial charge in [-0.3, -0.25) is 10.1 Å². The molecule has 0 spiro atoms. The second-order valence-corrected chi connectivity index (χ2v) is 8.61. The van der Waals surface area contributed by atoms with Crippen molar-refractivity contribution in [2.75, 3.05) is 33.3 Å². The minimum atomic E-state index is -0.520. The number of carbonyl (C=O) groups excluding carboxylic acids is 2. The normalized spacial score (nSPS) is 14.6. The molecule has 2 rings (SSSR count). The fraction of sp³-hybridized carbons (Fsp3) is 0.500. The third kappa shape index (κ3) is 6.20. The van der Waals surface area contributed by atoms with Gasteiger partial charge in [-0.05, 0) is 73.8 Å². The summed E-state index contributed by atoms with van der Waals surface area (Å²) in [5.41, 5.74) is -0.0113. The molecule has 1 aromatic carbocycles. The van der Waals surface area contributed by atoms with Gasteiger partial charge in [0.05, 0.1) is 10.7 Å². The maximum Gasteiger partial charge on any atom is 0.410 e. The van der Waals surface area contributed by atoms with Gasteiger partial charge in [-0.2, -0.15) is 0 Å². The lowest BCUT2D eigenvalue weighted by Crippen LogP contribution is -2.54. The Morgan fingerprint density at radius 1 is 1.15 bits per heavy atom. The average Bonchev–Trinajstić information content (AvgIpc) is 2.60. The molecular weight excluding hydrogens is 481 g/mol. The quantitative estimate of drug-likeness (QED) is 0.493. The van der Waals surface area contributed by atoms with Gasteiger partial charge >= 0.3 is 6.09 Å². The number of halogens is 1. The molecule has 1 saturated heterocycles. The molecule has 1 aliphatic heterocycles. The highest BCUT2D eigenvalue weighted by Crippen LogP contribution is 2.21. The first-order valence-corrected chi connectivity index (χ1v) is 10.0. The van der Waals surface area contributed by atoms with Gasteiger partial charge in [0.2, 0.25) is 0 Å². The molecule has 1 aliphatic rings. The summed E-state index contributed by atoms with van der Waals surface area (Å²) in [6, 6.07) is 5.19. The van der Waals surface area contributed by atoms with Crippen molar-refractivity contribution in [2.45, 2.75) is 26.4 Å². The third-order valence-electron chi connectivity index (χ3n) is 3.85. The number of piperazine rings is 1. The van der Waals surface area contributed by atoms with Crippen LogP contribution in [0.1, 0.15) is 31.1 Å². The van der Waals surface area contributed by atoms with Crippen molar-refractivity contribution in [3.8, 4) is 5.75 Å². The van der Waals surface area contributed by atoms with E-state index in [4.69, 9.17) is 21.7 Å². The number of carbonyl (C=O) groups is 2. The zero-order valence-electron chi connectivity index (χ0n) is 15.9. The molecule has 2 amide bonds. The molecule has 1 aromatic rings. The van der Waals surface area contributed by atoms with Gasteiger partial charge in [-0.15, -0.1) is 0 Å². The van der Waals surface area contributed by atoms with E-state index in [1.54, 1.807) is 30.2 Å². The Kier molecular flexibility index (Phi) is 7.26. The van der Waals surface area contributed by atoms with Gasteiger partial charge in [0.25, 0.3) is 5.91 Å². The Morgan fingerprint density at radius 2 is 1.74 bits per heavy atom. The Balaban J connectivity index is 1.88. The first kappa shape index (κ1) is 21.7. The van der Waals surface area contributed by atoms with Gasteiger partial charge in [0, 0.05) is 31.7 Å². The highest BCUT2D eigenvalue weighted by molar-refractivity contribution is 14.1. The van der Waals surface area contributed by atoms with Crippen LogP contribution in [0.25, 0.3) is 0 Å². The van der Waals surface area contributed by atoms with Crippen LogP contribution in [0.3, 0.4) is 0 Å². The van der Waals surface area contributed by atoms with Crippen LogP contribution < -0.4 is 10.1 Å². The van der Waals surface area contributed by atoms with Gasteiger partial charge in [0.1, 0.15) is 11.4 Å². The van der Waals surface area contributed by atoms with Crippen LogP contribution in [0.15, 0.2) is 18.2 Å². The molecule has 7 nitrogen and oxygen atoms in total. The van der Waals surface area contributed by atoms with Gasteiger partial charge in [-0.25, -0.2) is 4.79 Å². The van der Waals surface area contributed by atoms with Crippen molar-refractivity contribution in [2.24, 2.45) is 0 Å². The molecule has 1 heterocycles. The topological polar surface area (TPSA) is 71.1 Å². The predicted octanol–water partition coefficient (Wildman–Crippen LogP) is 2.87. The number of nitrogens with one attached hydrogen (secondary N) is 1. The highest BCUT2D eigenvalue weighted by atomic mass is 127. The molecule has 148 valence electrons. The van der Waals surface area contributed by atoms with Crippen molar-refractivity contribution in [1.82, 2.24) is 15.1 Å². The van der Waals surface area contributed by atoms with Crippen LogP contribution >= 0.6 is 34.8 Å². The maximum absolute atomic E-state index is 12.4. The molecule has 27 heavy (non-hydrogen) atoms. The van der Waals surface area contributed by atoms with E-state index < -0.39 is 5.60 Å². The van der Waals surface area contributed by atoms with Crippen molar-refractivity contribution >= 4 is 51.9 Å². The summed E-state index contributed by atoms with van der Waals surface area (Å²) < 4.78 is 11.4. The predicted molar refractivity (Wildman–Crippen MR) is 115 cm³/mol. The zero-order chi connectivity index (χ0) is 20.2. The maximum atomic E-state index is 12.4. The molecular formula is C18H24IN3O4S. The second-order valence-electron chi connectivity index (χ2n) is 7.06. The van der Waals surface area contributed by atoms with Crippen molar-refractivity contribution in [1.29, 1.82) is 0 Å². The second kappa shape index (κ2) is 9.05. The monoisotopic (exact) mass is 505 g/mol. The number of hydrogen-bond donors (Lipinski definition) is 1. The minimum Gasteiger partial charge on any atom is -0.496 e. The summed E-state index contributed by atoms with van der Waals surface area (Å²) in [6.45, 7) is 7.58. The van der Waals surface area contributed by atoms with Crippen LogP contribution in [-0.4, -0.2) is 65.8 Å². The summed E-state index contributed by atoms with van der Waals surface area (Å²) in [4.78, 5) is 28.1. The van der Waals surface area contributed by atoms with Crippen LogP contribution in [0.2, 0.25) is 0 Å². The summed E-state index contributed by atoms with van der Waals surface area (Å²) in [6.07, 6.45) is -0.329. The lowest BCUT2D eigenvalue weighted by Gasteiger charge is -2.36. The summed E-state index contributed by atoms with van der Waals surface area (Å²) in [7, 11) is 1.59. The van der Waals surface area contributed by atoms with Gasteiger partial charge in [-0.1, -0.05) is 0 Å².